The summed E-state index contributed by atoms with van der Waals surface area (Å²) in [6.45, 7) is 5.73. The maximum Gasteiger partial charge on any atom is 0.307 e. The Balaban J connectivity index is 2.06. The molecule has 2 rings (SSSR count). The van der Waals surface area contributed by atoms with Gasteiger partial charge in [-0.25, -0.2) is 0 Å². The average molecular weight is 337 g/mol. The number of carbonyl (C=O) groups is 1. The smallest absolute Gasteiger partial charge is 0.307 e. The molecule has 1 aliphatic rings. The molecule has 1 saturated heterocycles. The molecule has 1 fully saturated rings. The molecule has 1 aliphatic heterocycles. The van der Waals surface area contributed by atoms with Crippen LogP contribution in [0, 0.1) is 5.92 Å². The quantitative estimate of drug-likeness (QED) is 0.698. The zero-order valence-corrected chi connectivity index (χ0v) is 14.5. The van der Waals surface area contributed by atoms with E-state index in [1.54, 1.807) is 7.11 Å². The van der Waals surface area contributed by atoms with Crippen LogP contribution in [-0.2, 0) is 16.1 Å². The Morgan fingerprint density at radius 3 is 2.92 bits per heavy atom. The summed E-state index contributed by atoms with van der Waals surface area (Å²) in [5, 5.41) is 9.24. The van der Waals surface area contributed by atoms with Gasteiger partial charge in [-0.2, -0.15) is 0 Å². The number of benzene rings is 1. The standard InChI is InChI=1S/C18H27NO5/c1-3-23-10-11-24-17-14(6-4-8-16(17)22-2)12-19-9-5-7-15(13-19)18(20)21/h4,6,8,15H,3,5,7,9-13H2,1-2H3,(H,20,21). The fraction of sp³-hybridized carbons (Fsp3) is 0.611. The number of nitrogens with zero attached hydrogens (tertiary/aromatic N) is 1. The lowest BCUT2D eigenvalue weighted by atomic mass is 9.98. The van der Waals surface area contributed by atoms with Crippen LogP contribution in [0.15, 0.2) is 18.2 Å². The molecule has 0 amide bonds. The van der Waals surface area contributed by atoms with Gasteiger partial charge in [0.25, 0.3) is 0 Å². The van der Waals surface area contributed by atoms with Gasteiger partial charge in [0.2, 0.25) is 0 Å². The predicted molar refractivity (Wildman–Crippen MR) is 90.6 cm³/mol. The highest BCUT2D eigenvalue weighted by atomic mass is 16.5. The SMILES string of the molecule is CCOCCOc1c(CN2CCCC(C(=O)O)C2)cccc1OC. The van der Waals surface area contributed by atoms with E-state index in [-0.39, 0.29) is 5.92 Å². The third-order valence-electron chi connectivity index (χ3n) is 4.21. The van der Waals surface area contributed by atoms with E-state index in [2.05, 4.69) is 4.90 Å². The van der Waals surface area contributed by atoms with Crippen LogP contribution in [0.25, 0.3) is 0 Å². The summed E-state index contributed by atoms with van der Waals surface area (Å²) in [7, 11) is 1.62. The predicted octanol–water partition coefficient (Wildman–Crippen LogP) is 2.41. The van der Waals surface area contributed by atoms with Gasteiger partial charge in [-0.05, 0) is 32.4 Å². The van der Waals surface area contributed by atoms with Gasteiger partial charge < -0.3 is 19.3 Å². The molecule has 6 heteroatoms. The van der Waals surface area contributed by atoms with E-state index in [1.807, 2.05) is 25.1 Å². The third-order valence-corrected chi connectivity index (χ3v) is 4.21. The molecule has 1 atom stereocenters. The van der Waals surface area contributed by atoms with Crippen LogP contribution >= 0.6 is 0 Å². The normalized spacial score (nSPS) is 18.3. The minimum absolute atomic E-state index is 0.285. The van der Waals surface area contributed by atoms with Crippen molar-refractivity contribution in [3.8, 4) is 11.5 Å². The Kier molecular flexibility index (Phi) is 7.34. The molecule has 1 aromatic carbocycles. The number of hydrogen-bond acceptors (Lipinski definition) is 5. The largest absolute Gasteiger partial charge is 0.493 e. The maximum absolute atomic E-state index is 11.2. The molecule has 1 unspecified atom stereocenters. The van der Waals surface area contributed by atoms with Crippen molar-refractivity contribution in [2.45, 2.75) is 26.3 Å². The van der Waals surface area contributed by atoms with Crippen molar-refractivity contribution >= 4 is 5.97 Å². The summed E-state index contributed by atoms with van der Waals surface area (Å²) in [6.07, 6.45) is 1.66. The van der Waals surface area contributed by atoms with Gasteiger partial charge in [0.15, 0.2) is 11.5 Å². The molecule has 6 nitrogen and oxygen atoms in total. The first-order valence-corrected chi connectivity index (χ1v) is 8.47. The van der Waals surface area contributed by atoms with E-state index in [1.165, 1.54) is 0 Å². The molecule has 0 saturated carbocycles. The van der Waals surface area contributed by atoms with Crippen LogP contribution in [-0.4, -0.2) is 56.0 Å². The second-order valence-corrected chi connectivity index (χ2v) is 5.91. The number of piperidine rings is 1. The van der Waals surface area contributed by atoms with Crippen molar-refractivity contribution in [3.63, 3.8) is 0 Å². The molecule has 1 heterocycles. The van der Waals surface area contributed by atoms with Crippen LogP contribution in [0.4, 0.5) is 0 Å². The number of carboxylic acid groups (broad SMARTS) is 1. The third kappa shape index (κ3) is 5.11. The van der Waals surface area contributed by atoms with Gasteiger partial charge >= 0.3 is 5.97 Å². The van der Waals surface area contributed by atoms with Crippen molar-refractivity contribution in [1.29, 1.82) is 0 Å². The Bertz CT molecular complexity index is 534. The Morgan fingerprint density at radius 2 is 2.21 bits per heavy atom. The van der Waals surface area contributed by atoms with Crippen molar-refractivity contribution in [2.75, 3.05) is 40.0 Å². The topological polar surface area (TPSA) is 68.2 Å². The van der Waals surface area contributed by atoms with Gasteiger partial charge in [0, 0.05) is 25.3 Å². The van der Waals surface area contributed by atoms with Crippen LogP contribution < -0.4 is 9.47 Å². The van der Waals surface area contributed by atoms with Crippen LogP contribution in [0.2, 0.25) is 0 Å². The number of hydrogen-bond donors (Lipinski definition) is 1. The number of ether oxygens (including phenoxy) is 3. The van der Waals surface area contributed by atoms with Gasteiger partial charge in [0.1, 0.15) is 6.61 Å². The second-order valence-electron chi connectivity index (χ2n) is 5.91. The average Bonchev–Trinajstić information content (AvgIpc) is 2.59. The minimum Gasteiger partial charge on any atom is -0.493 e. The van der Waals surface area contributed by atoms with E-state index >= 15 is 0 Å². The molecule has 0 aromatic heterocycles. The van der Waals surface area contributed by atoms with E-state index in [4.69, 9.17) is 14.2 Å². The molecule has 134 valence electrons. The molecular weight excluding hydrogens is 310 g/mol. The molecule has 0 radical (unpaired) electrons. The van der Waals surface area contributed by atoms with Crippen LogP contribution in [0.1, 0.15) is 25.3 Å². The zero-order chi connectivity index (χ0) is 17.4. The molecule has 1 N–H and O–H groups in total. The maximum atomic E-state index is 11.2. The summed E-state index contributed by atoms with van der Waals surface area (Å²) in [4.78, 5) is 13.4. The first-order valence-electron chi connectivity index (χ1n) is 8.47. The fourth-order valence-electron chi connectivity index (χ4n) is 3.00. The Morgan fingerprint density at radius 1 is 1.38 bits per heavy atom. The Hall–Kier alpha value is -1.79. The fourth-order valence-corrected chi connectivity index (χ4v) is 3.00. The van der Waals surface area contributed by atoms with E-state index in [0.29, 0.717) is 38.7 Å². The first-order chi connectivity index (χ1) is 11.7. The summed E-state index contributed by atoms with van der Waals surface area (Å²) in [5.41, 5.74) is 1.01. The summed E-state index contributed by atoms with van der Waals surface area (Å²) >= 11 is 0. The lowest BCUT2D eigenvalue weighted by Gasteiger charge is -2.31. The van der Waals surface area contributed by atoms with Gasteiger partial charge in [-0.3, -0.25) is 9.69 Å². The van der Waals surface area contributed by atoms with Crippen molar-refractivity contribution < 1.29 is 24.1 Å². The summed E-state index contributed by atoms with van der Waals surface area (Å²) in [6, 6.07) is 5.81. The highest BCUT2D eigenvalue weighted by Gasteiger charge is 2.26. The molecule has 0 spiro atoms. The molecule has 24 heavy (non-hydrogen) atoms. The monoisotopic (exact) mass is 337 g/mol. The van der Waals surface area contributed by atoms with Gasteiger partial charge in [-0.1, -0.05) is 12.1 Å². The highest BCUT2D eigenvalue weighted by molar-refractivity contribution is 5.70. The van der Waals surface area contributed by atoms with E-state index in [9.17, 15) is 9.90 Å². The second kappa shape index (κ2) is 9.49. The zero-order valence-electron chi connectivity index (χ0n) is 14.5. The van der Waals surface area contributed by atoms with E-state index < -0.39 is 5.97 Å². The number of para-hydroxylation sites is 1. The number of carboxylic acids is 1. The number of methoxy groups -OCH3 is 1. The van der Waals surface area contributed by atoms with Gasteiger partial charge in [0.05, 0.1) is 19.6 Å². The molecule has 0 bridgehead atoms. The number of rotatable bonds is 9. The number of likely N-dealkylation sites (tertiary alicyclic amines) is 1. The number of aliphatic carboxylic acids is 1. The minimum atomic E-state index is -0.710. The van der Waals surface area contributed by atoms with E-state index in [0.717, 1.165) is 30.7 Å². The summed E-state index contributed by atoms with van der Waals surface area (Å²) in [5.74, 6) is 0.415. The van der Waals surface area contributed by atoms with Crippen molar-refractivity contribution in [2.24, 2.45) is 5.92 Å². The van der Waals surface area contributed by atoms with Crippen LogP contribution in [0.5, 0.6) is 11.5 Å². The lowest BCUT2D eigenvalue weighted by Crippen LogP contribution is -2.38. The molecular formula is C18H27NO5. The summed E-state index contributed by atoms with van der Waals surface area (Å²) < 4.78 is 16.6. The first kappa shape index (κ1) is 18.5. The van der Waals surface area contributed by atoms with Crippen molar-refractivity contribution in [1.82, 2.24) is 4.90 Å². The lowest BCUT2D eigenvalue weighted by molar-refractivity contribution is -0.143. The van der Waals surface area contributed by atoms with Crippen LogP contribution in [0.3, 0.4) is 0 Å². The molecule has 1 aromatic rings. The Labute approximate surface area is 143 Å². The highest BCUT2D eigenvalue weighted by Crippen LogP contribution is 2.32. The molecule has 0 aliphatic carbocycles. The van der Waals surface area contributed by atoms with Crippen molar-refractivity contribution in [3.05, 3.63) is 23.8 Å². The van der Waals surface area contributed by atoms with Gasteiger partial charge in [-0.15, -0.1) is 0 Å².